The molecule has 0 aliphatic rings. The van der Waals surface area contributed by atoms with Crippen molar-refractivity contribution in [1.29, 1.82) is 0 Å². The molecule has 20 heavy (non-hydrogen) atoms. The van der Waals surface area contributed by atoms with Gasteiger partial charge in [-0.1, -0.05) is 0 Å². The van der Waals surface area contributed by atoms with Crippen molar-refractivity contribution >= 4 is 17.7 Å². The minimum Gasteiger partial charge on any atom is -0.494 e. The van der Waals surface area contributed by atoms with E-state index < -0.39 is 23.9 Å². The number of carboxylic acids is 1. The predicted octanol–water partition coefficient (Wildman–Crippen LogP) is 0.791. The molecule has 0 heterocycles. The van der Waals surface area contributed by atoms with Gasteiger partial charge in [0, 0.05) is 19.0 Å². The average Bonchev–Trinajstić information content (AvgIpc) is 2.40. The van der Waals surface area contributed by atoms with Crippen molar-refractivity contribution in [3.8, 4) is 5.75 Å². The number of carboxylic acid groups (broad SMARTS) is 1. The largest absolute Gasteiger partial charge is 0.494 e. The Morgan fingerprint density at radius 2 is 2.15 bits per heavy atom. The van der Waals surface area contributed by atoms with Crippen molar-refractivity contribution in [3.63, 3.8) is 0 Å². The highest BCUT2D eigenvalue weighted by atomic mass is 19.1. The number of aliphatic carboxylic acids is 1. The second kappa shape index (κ2) is 7.29. The molecule has 0 aliphatic carbocycles. The van der Waals surface area contributed by atoms with Crippen LogP contribution in [-0.2, 0) is 4.79 Å². The number of aliphatic hydroxyl groups excluding tert-OH is 1. The van der Waals surface area contributed by atoms with Crippen molar-refractivity contribution in [2.24, 2.45) is 0 Å². The number of hydrogen-bond donors (Lipinski definition) is 4. The lowest BCUT2D eigenvalue weighted by Gasteiger charge is -2.11. The van der Waals surface area contributed by atoms with Crippen LogP contribution in [0.3, 0.4) is 0 Å². The van der Waals surface area contributed by atoms with Gasteiger partial charge in [0.15, 0.2) is 6.10 Å². The SMILES string of the molecule is COc1cc(F)ccc1NC(=O)NCCC(O)C(=O)O. The zero-order chi connectivity index (χ0) is 15.1. The van der Waals surface area contributed by atoms with Gasteiger partial charge in [-0.3, -0.25) is 0 Å². The molecule has 0 aromatic heterocycles. The van der Waals surface area contributed by atoms with Crippen LogP contribution in [0.2, 0.25) is 0 Å². The van der Waals surface area contributed by atoms with Gasteiger partial charge >= 0.3 is 12.0 Å². The van der Waals surface area contributed by atoms with Crippen molar-refractivity contribution in [3.05, 3.63) is 24.0 Å². The average molecular weight is 286 g/mol. The molecule has 0 saturated carbocycles. The fourth-order valence-corrected chi connectivity index (χ4v) is 1.38. The van der Waals surface area contributed by atoms with Gasteiger partial charge in [0.25, 0.3) is 0 Å². The highest BCUT2D eigenvalue weighted by Gasteiger charge is 2.13. The number of halogens is 1. The Balaban J connectivity index is 2.48. The summed E-state index contributed by atoms with van der Waals surface area (Å²) in [5.41, 5.74) is 0.269. The predicted molar refractivity (Wildman–Crippen MR) is 68.2 cm³/mol. The zero-order valence-electron chi connectivity index (χ0n) is 10.7. The molecule has 1 atom stereocenters. The van der Waals surface area contributed by atoms with Crippen LogP contribution in [0.4, 0.5) is 14.9 Å². The van der Waals surface area contributed by atoms with E-state index in [0.717, 1.165) is 12.1 Å². The zero-order valence-corrected chi connectivity index (χ0v) is 10.7. The van der Waals surface area contributed by atoms with E-state index in [0.29, 0.717) is 0 Å². The van der Waals surface area contributed by atoms with E-state index in [9.17, 15) is 14.0 Å². The van der Waals surface area contributed by atoms with E-state index >= 15 is 0 Å². The van der Waals surface area contributed by atoms with Crippen LogP contribution in [0.5, 0.6) is 5.75 Å². The first-order valence-corrected chi connectivity index (χ1v) is 5.73. The van der Waals surface area contributed by atoms with E-state index in [4.69, 9.17) is 14.9 Å². The molecule has 0 saturated heterocycles. The Bertz CT molecular complexity index is 495. The molecule has 0 bridgehead atoms. The molecule has 0 spiro atoms. The quantitative estimate of drug-likeness (QED) is 0.618. The molecule has 0 aliphatic heterocycles. The van der Waals surface area contributed by atoms with Gasteiger partial charge in [-0.05, 0) is 12.1 Å². The molecule has 0 fully saturated rings. The van der Waals surface area contributed by atoms with Crippen LogP contribution in [0, 0.1) is 5.82 Å². The normalized spacial score (nSPS) is 11.6. The third-order valence-corrected chi connectivity index (χ3v) is 2.40. The van der Waals surface area contributed by atoms with E-state index in [1.807, 2.05) is 0 Å². The lowest BCUT2D eigenvalue weighted by molar-refractivity contribution is -0.146. The number of aliphatic hydroxyl groups is 1. The molecule has 2 amide bonds. The van der Waals surface area contributed by atoms with Crippen LogP contribution in [0.1, 0.15) is 6.42 Å². The number of methoxy groups -OCH3 is 1. The Labute approximate surface area is 114 Å². The summed E-state index contributed by atoms with van der Waals surface area (Å²) < 4.78 is 17.8. The number of urea groups is 1. The summed E-state index contributed by atoms with van der Waals surface area (Å²) in [6, 6.07) is 2.99. The molecule has 8 heteroatoms. The molecule has 1 aromatic rings. The maximum atomic E-state index is 12.9. The fraction of sp³-hybridized carbons (Fsp3) is 0.333. The van der Waals surface area contributed by atoms with Gasteiger partial charge in [-0.25, -0.2) is 14.0 Å². The molecule has 1 aromatic carbocycles. The van der Waals surface area contributed by atoms with Gasteiger partial charge in [-0.2, -0.15) is 0 Å². The number of amides is 2. The Morgan fingerprint density at radius 3 is 2.75 bits per heavy atom. The molecule has 0 radical (unpaired) electrons. The maximum Gasteiger partial charge on any atom is 0.332 e. The number of rotatable bonds is 6. The number of benzene rings is 1. The van der Waals surface area contributed by atoms with E-state index in [-0.39, 0.29) is 24.4 Å². The standard InChI is InChI=1S/C12H15FN2O5/c1-20-10-6-7(13)2-3-8(10)15-12(19)14-5-4-9(16)11(17)18/h2-3,6,9,16H,4-5H2,1H3,(H,17,18)(H2,14,15,19). The summed E-state index contributed by atoms with van der Waals surface area (Å²) in [5.74, 6) is -1.70. The summed E-state index contributed by atoms with van der Waals surface area (Å²) >= 11 is 0. The summed E-state index contributed by atoms with van der Waals surface area (Å²) in [4.78, 5) is 21.9. The molecule has 110 valence electrons. The first-order chi connectivity index (χ1) is 9.43. The number of carbonyl (C=O) groups is 2. The molecule has 4 N–H and O–H groups in total. The fourth-order valence-electron chi connectivity index (χ4n) is 1.38. The smallest absolute Gasteiger partial charge is 0.332 e. The van der Waals surface area contributed by atoms with Gasteiger partial charge in [0.1, 0.15) is 11.6 Å². The van der Waals surface area contributed by atoms with Crippen molar-refractivity contribution in [1.82, 2.24) is 5.32 Å². The summed E-state index contributed by atoms with van der Waals surface area (Å²) in [5, 5.41) is 22.2. The van der Waals surface area contributed by atoms with Crippen LogP contribution in [0.25, 0.3) is 0 Å². The number of ether oxygens (including phenoxy) is 1. The van der Waals surface area contributed by atoms with Gasteiger partial charge < -0.3 is 25.6 Å². The highest BCUT2D eigenvalue weighted by molar-refractivity contribution is 5.90. The second-order valence-electron chi connectivity index (χ2n) is 3.87. The number of anilines is 1. The molecular weight excluding hydrogens is 271 g/mol. The van der Waals surface area contributed by atoms with Crippen molar-refractivity contribution in [2.45, 2.75) is 12.5 Å². The lowest BCUT2D eigenvalue weighted by Crippen LogP contribution is -2.33. The first-order valence-electron chi connectivity index (χ1n) is 5.73. The maximum absolute atomic E-state index is 12.9. The highest BCUT2D eigenvalue weighted by Crippen LogP contribution is 2.24. The van der Waals surface area contributed by atoms with E-state index in [1.165, 1.54) is 13.2 Å². The van der Waals surface area contributed by atoms with Crippen LogP contribution >= 0.6 is 0 Å². The molecule has 1 unspecified atom stereocenters. The minimum absolute atomic E-state index is 0.0250. The van der Waals surface area contributed by atoms with Crippen LogP contribution in [-0.4, -0.2) is 42.0 Å². The number of hydrogen-bond acceptors (Lipinski definition) is 4. The van der Waals surface area contributed by atoms with Crippen LogP contribution in [0.15, 0.2) is 18.2 Å². The Kier molecular flexibility index (Phi) is 5.73. The van der Waals surface area contributed by atoms with E-state index in [1.54, 1.807) is 0 Å². The van der Waals surface area contributed by atoms with Gasteiger partial charge in [-0.15, -0.1) is 0 Å². The van der Waals surface area contributed by atoms with Crippen LogP contribution < -0.4 is 15.4 Å². The second-order valence-corrected chi connectivity index (χ2v) is 3.87. The third-order valence-electron chi connectivity index (χ3n) is 2.40. The van der Waals surface area contributed by atoms with Crippen molar-refractivity contribution in [2.75, 3.05) is 19.0 Å². The Morgan fingerprint density at radius 1 is 1.45 bits per heavy atom. The van der Waals surface area contributed by atoms with Gasteiger partial charge in [0.2, 0.25) is 0 Å². The molecule has 7 nitrogen and oxygen atoms in total. The summed E-state index contributed by atoms with van der Waals surface area (Å²) in [6.07, 6.45) is -1.65. The number of nitrogens with one attached hydrogen (secondary N) is 2. The Hall–Kier alpha value is -2.35. The third kappa shape index (κ3) is 4.73. The lowest BCUT2D eigenvalue weighted by atomic mass is 10.2. The summed E-state index contributed by atoms with van der Waals surface area (Å²) in [7, 11) is 1.33. The first kappa shape index (κ1) is 15.7. The molecular formula is C12H15FN2O5. The molecule has 1 rings (SSSR count). The van der Waals surface area contributed by atoms with Crippen molar-refractivity contribution < 1.29 is 28.9 Å². The van der Waals surface area contributed by atoms with E-state index in [2.05, 4.69) is 10.6 Å². The monoisotopic (exact) mass is 286 g/mol. The topological polar surface area (TPSA) is 108 Å². The minimum atomic E-state index is -1.53. The summed E-state index contributed by atoms with van der Waals surface area (Å²) in [6.45, 7) is -0.0250. The van der Waals surface area contributed by atoms with Gasteiger partial charge in [0.05, 0.1) is 12.8 Å². The number of carbonyl (C=O) groups excluding carboxylic acids is 1.